The SMILES string of the molecule is COc1cc2cc(=O)[nH]c(Cc3ccccc3)c2cc1OC. The summed E-state index contributed by atoms with van der Waals surface area (Å²) < 4.78 is 10.7. The van der Waals surface area contributed by atoms with Gasteiger partial charge in [-0.25, -0.2) is 0 Å². The monoisotopic (exact) mass is 295 g/mol. The molecule has 22 heavy (non-hydrogen) atoms. The number of benzene rings is 2. The number of H-pyrrole nitrogens is 1. The second kappa shape index (κ2) is 5.93. The van der Waals surface area contributed by atoms with Crippen LogP contribution < -0.4 is 15.0 Å². The summed E-state index contributed by atoms with van der Waals surface area (Å²) in [6.45, 7) is 0. The average molecular weight is 295 g/mol. The average Bonchev–Trinajstić information content (AvgIpc) is 2.54. The Hall–Kier alpha value is -2.75. The molecule has 0 radical (unpaired) electrons. The fourth-order valence-corrected chi connectivity index (χ4v) is 2.61. The second-order valence-corrected chi connectivity index (χ2v) is 5.07. The summed E-state index contributed by atoms with van der Waals surface area (Å²) in [5.41, 5.74) is 1.89. The first-order valence-corrected chi connectivity index (χ1v) is 7.03. The Morgan fingerprint density at radius 3 is 2.32 bits per heavy atom. The quantitative estimate of drug-likeness (QED) is 0.804. The number of pyridine rings is 1. The summed E-state index contributed by atoms with van der Waals surface area (Å²) in [5.74, 6) is 1.27. The second-order valence-electron chi connectivity index (χ2n) is 5.07. The van der Waals surface area contributed by atoms with E-state index in [4.69, 9.17) is 9.47 Å². The maximum absolute atomic E-state index is 11.9. The van der Waals surface area contributed by atoms with Crippen molar-refractivity contribution in [2.24, 2.45) is 0 Å². The number of fused-ring (bicyclic) bond motifs is 1. The van der Waals surface area contributed by atoms with Gasteiger partial charge in [-0.1, -0.05) is 30.3 Å². The van der Waals surface area contributed by atoms with Crippen molar-refractivity contribution in [1.29, 1.82) is 0 Å². The van der Waals surface area contributed by atoms with E-state index in [0.717, 1.165) is 22.0 Å². The van der Waals surface area contributed by atoms with Crippen LogP contribution in [0.2, 0.25) is 0 Å². The van der Waals surface area contributed by atoms with Crippen molar-refractivity contribution >= 4 is 10.8 Å². The van der Waals surface area contributed by atoms with Crippen LogP contribution >= 0.6 is 0 Å². The third-order valence-corrected chi connectivity index (χ3v) is 3.67. The standard InChI is InChI=1S/C18H17NO3/c1-21-16-9-13-10-18(20)19-15(14(13)11-17(16)22-2)8-12-6-4-3-5-7-12/h3-7,9-11H,8H2,1-2H3,(H,19,20). The predicted molar refractivity (Wildman–Crippen MR) is 86.9 cm³/mol. The molecule has 1 aromatic heterocycles. The minimum absolute atomic E-state index is 0.120. The number of methoxy groups -OCH3 is 2. The molecule has 3 rings (SSSR count). The zero-order valence-corrected chi connectivity index (χ0v) is 12.6. The molecule has 4 heteroatoms. The summed E-state index contributed by atoms with van der Waals surface area (Å²) in [5, 5.41) is 1.80. The highest BCUT2D eigenvalue weighted by atomic mass is 16.5. The molecule has 0 aliphatic heterocycles. The largest absolute Gasteiger partial charge is 0.493 e. The van der Waals surface area contributed by atoms with Crippen molar-refractivity contribution in [3.05, 3.63) is 70.1 Å². The van der Waals surface area contributed by atoms with E-state index in [0.29, 0.717) is 17.9 Å². The molecule has 0 unspecified atom stereocenters. The third kappa shape index (κ3) is 2.68. The van der Waals surface area contributed by atoms with Crippen LogP contribution in [0.3, 0.4) is 0 Å². The Kier molecular flexibility index (Phi) is 3.83. The van der Waals surface area contributed by atoms with Crippen LogP contribution in [0.4, 0.5) is 0 Å². The minimum atomic E-state index is -0.120. The van der Waals surface area contributed by atoms with E-state index >= 15 is 0 Å². The molecule has 0 saturated heterocycles. The lowest BCUT2D eigenvalue weighted by molar-refractivity contribution is 0.356. The van der Waals surface area contributed by atoms with Crippen molar-refractivity contribution in [2.45, 2.75) is 6.42 Å². The fourth-order valence-electron chi connectivity index (χ4n) is 2.61. The molecule has 1 heterocycles. The number of aromatic nitrogens is 1. The lowest BCUT2D eigenvalue weighted by Crippen LogP contribution is -2.09. The van der Waals surface area contributed by atoms with Crippen LogP contribution in [-0.2, 0) is 6.42 Å². The van der Waals surface area contributed by atoms with Gasteiger partial charge in [-0.05, 0) is 23.1 Å². The Bertz CT molecular complexity index is 853. The zero-order chi connectivity index (χ0) is 15.5. The third-order valence-electron chi connectivity index (χ3n) is 3.67. The van der Waals surface area contributed by atoms with Crippen LogP contribution in [0.1, 0.15) is 11.3 Å². The minimum Gasteiger partial charge on any atom is -0.493 e. The van der Waals surface area contributed by atoms with E-state index in [1.165, 1.54) is 0 Å². The molecule has 0 fully saturated rings. The Morgan fingerprint density at radius 1 is 0.955 bits per heavy atom. The molecule has 2 aromatic carbocycles. The van der Waals surface area contributed by atoms with Gasteiger partial charge in [0.15, 0.2) is 11.5 Å². The van der Waals surface area contributed by atoms with Crippen molar-refractivity contribution in [3.8, 4) is 11.5 Å². The van der Waals surface area contributed by atoms with Gasteiger partial charge in [0.25, 0.3) is 0 Å². The fraction of sp³-hybridized carbons (Fsp3) is 0.167. The normalized spacial score (nSPS) is 10.6. The molecule has 112 valence electrons. The lowest BCUT2D eigenvalue weighted by Gasteiger charge is -2.12. The number of hydrogen-bond donors (Lipinski definition) is 1. The van der Waals surface area contributed by atoms with Gasteiger partial charge >= 0.3 is 0 Å². The summed E-state index contributed by atoms with van der Waals surface area (Å²) in [6, 6.07) is 15.3. The van der Waals surface area contributed by atoms with Crippen LogP contribution in [0, 0.1) is 0 Å². The van der Waals surface area contributed by atoms with Crippen molar-refractivity contribution in [3.63, 3.8) is 0 Å². The van der Waals surface area contributed by atoms with Crippen LogP contribution in [-0.4, -0.2) is 19.2 Å². The molecular formula is C18H17NO3. The Morgan fingerprint density at radius 2 is 1.64 bits per heavy atom. The summed E-state index contributed by atoms with van der Waals surface area (Å²) in [7, 11) is 3.19. The van der Waals surface area contributed by atoms with Crippen LogP contribution in [0.15, 0.2) is 53.3 Å². The first-order chi connectivity index (χ1) is 10.7. The van der Waals surface area contributed by atoms with E-state index in [2.05, 4.69) is 4.98 Å². The highest BCUT2D eigenvalue weighted by Gasteiger charge is 2.10. The Balaban J connectivity index is 2.18. The zero-order valence-electron chi connectivity index (χ0n) is 12.6. The number of nitrogens with one attached hydrogen (secondary N) is 1. The molecule has 0 amide bonds. The van der Waals surface area contributed by atoms with Crippen molar-refractivity contribution in [1.82, 2.24) is 4.98 Å². The van der Waals surface area contributed by atoms with E-state index in [1.807, 2.05) is 42.5 Å². The van der Waals surface area contributed by atoms with E-state index in [9.17, 15) is 4.79 Å². The lowest BCUT2D eigenvalue weighted by atomic mass is 10.0. The number of ether oxygens (including phenoxy) is 2. The Labute approximate surface area is 128 Å². The van der Waals surface area contributed by atoms with Gasteiger partial charge in [-0.2, -0.15) is 0 Å². The van der Waals surface area contributed by atoms with Gasteiger partial charge < -0.3 is 14.5 Å². The number of aromatic amines is 1. The van der Waals surface area contributed by atoms with E-state index < -0.39 is 0 Å². The smallest absolute Gasteiger partial charge is 0.248 e. The van der Waals surface area contributed by atoms with Gasteiger partial charge in [0.05, 0.1) is 14.2 Å². The topological polar surface area (TPSA) is 51.3 Å². The maximum atomic E-state index is 11.9. The highest BCUT2D eigenvalue weighted by molar-refractivity contribution is 5.88. The van der Waals surface area contributed by atoms with Gasteiger partial charge in [0.2, 0.25) is 5.56 Å². The van der Waals surface area contributed by atoms with E-state index in [1.54, 1.807) is 20.3 Å². The highest BCUT2D eigenvalue weighted by Crippen LogP contribution is 2.33. The summed E-state index contributed by atoms with van der Waals surface area (Å²) >= 11 is 0. The summed E-state index contributed by atoms with van der Waals surface area (Å²) in [6.07, 6.45) is 0.656. The van der Waals surface area contributed by atoms with Gasteiger partial charge in [0.1, 0.15) is 0 Å². The number of rotatable bonds is 4. The van der Waals surface area contributed by atoms with Gasteiger partial charge in [-0.15, -0.1) is 0 Å². The maximum Gasteiger partial charge on any atom is 0.248 e. The summed E-state index contributed by atoms with van der Waals surface area (Å²) in [4.78, 5) is 14.9. The first-order valence-electron chi connectivity index (χ1n) is 7.03. The molecule has 1 N–H and O–H groups in total. The molecule has 0 atom stereocenters. The van der Waals surface area contributed by atoms with E-state index in [-0.39, 0.29) is 5.56 Å². The molecule has 0 aliphatic rings. The predicted octanol–water partition coefficient (Wildman–Crippen LogP) is 3.14. The molecule has 0 saturated carbocycles. The van der Waals surface area contributed by atoms with Gasteiger partial charge in [0, 0.05) is 23.6 Å². The van der Waals surface area contributed by atoms with Crippen LogP contribution in [0.25, 0.3) is 10.8 Å². The molecular weight excluding hydrogens is 278 g/mol. The van der Waals surface area contributed by atoms with Crippen molar-refractivity contribution < 1.29 is 9.47 Å². The van der Waals surface area contributed by atoms with Crippen molar-refractivity contribution in [2.75, 3.05) is 14.2 Å². The first kappa shape index (κ1) is 14.2. The van der Waals surface area contributed by atoms with Gasteiger partial charge in [-0.3, -0.25) is 4.79 Å². The molecule has 3 aromatic rings. The van der Waals surface area contributed by atoms with Crippen LogP contribution in [0.5, 0.6) is 11.5 Å². The number of hydrogen-bond acceptors (Lipinski definition) is 3. The molecule has 0 bridgehead atoms. The molecule has 0 spiro atoms. The molecule has 4 nitrogen and oxygen atoms in total. The molecule has 0 aliphatic carbocycles.